The van der Waals surface area contributed by atoms with Crippen LogP contribution in [0.1, 0.15) is 0 Å². The first-order valence-electron chi connectivity index (χ1n) is 7.21. The van der Waals surface area contributed by atoms with E-state index in [1.165, 1.54) is 17.8 Å². The molecule has 0 aliphatic rings. The Morgan fingerprint density at radius 3 is 2.67 bits per heavy atom. The number of thioether (sulfide) groups is 1. The maximum Gasteiger partial charge on any atom is 0.214 e. The van der Waals surface area contributed by atoms with Crippen LogP contribution in [0, 0.1) is 5.82 Å². The van der Waals surface area contributed by atoms with Crippen molar-refractivity contribution < 1.29 is 13.9 Å². The number of benzene rings is 2. The molecule has 0 saturated heterocycles. The van der Waals surface area contributed by atoms with Crippen molar-refractivity contribution in [2.75, 3.05) is 19.5 Å². The average Bonchev–Trinajstić information content (AvgIpc) is 3.09. The summed E-state index contributed by atoms with van der Waals surface area (Å²) < 4.78 is 25.6. The van der Waals surface area contributed by atoms with E-state index in [0.717, 1.165) is 11.4 Å². The molecule has 0 atom stereocenters. The van der Waals surface area contributed by atoms with Gasteiger partial charge in [0.2, 0.25) is 5.16 Å². The minimum absolute atomic E-state index is 0.243. The van der Waals surface area contributed by atoms with Crippen LogP contribution >= 0.6 is 11.8 Å². The van der Waals surface area contributed by atoms with Crippen LogP contribution < -0.4 is 9.47 Å². The third-order valence-electron chi connectivity index (χ3n) is 3.17. The SMILES string of the molecule is COc1ccc(-n2nnnc2SCCOc2ccccc2F)cc1. The van der Waals surface area contributed by atoms with Gasteiger partial charge >= 0.3 is 0 Å². The molecule has 3 aromatic rings. The second-order valence-electron chi connectivity index (χ2n) is 4.70. The molecule has 0 spiro atoms. The molecule has 1 aromatic heterocycles. The molecule has 0 N–H and O–H groups in total. The molecule has 124 valence electrons. The van der Waals surface area contributed by atoms with Crippen LogP contribution in [0.4, 0.5) is 4.39 Å². The number of halogens is 1. The lowest BCUT2D eigenvalue weighted by Crippen LogP contribution is -2.04. The first kappa shape index (κ1) is 16.3. The van der Waals surface area contributed by atoms with Gasteiger partial charge in [0.05, 0.1) is 19.4 Å². The molecule has 0 saturated carbocycles. The third kappa shape index (κ3) is 3.83. The summed E-state index contributed by atoms with van der Waals surface area (Å²) in [5.74, 6) is 1.22. The van der Waals surface area contributed by atoms with Gasteiger partial charge in [0.15, 0.2) is 11.6 Å². The zero-order valence-electron chi connectivity index (χ0n) is 12.9. The summed E-state index contributed by atoms with van der Waals surface area (Å²) in [6.45, 7) is 0.348. The molecule has 0 aliphatic heterocycles. The summed E-state index contributed by atoms with van der Waals surface area (Å²) in [6, 6.07) is 13.7. The number of hydrogen-bond donors (Lipinski definition) is 0. The molecule has 24 heavy (non-hydrogen) atoms. The van der Waals surface area contributed by atoms with Crippen molar-refractivity contribution in [1.29, 1.82) is 0 Å². The predicted octanol–water partition coefficient (Wildman–Crippen LogP) is 2.98. The van der Waals surface area contributed by atoms with Crippen molar-refractivity contribution in [3.63, 3.8) is 0 Å². The standard InChI is InChI=1S/C16H15FN4O2S/c1-22-13-8-6-12(7-9-13)21-16(18-19-20-21)24-11-10-23-15-5-3-2-4-14(15)17/h2-9H,10-11H2,1H3. The molecule has 6 nitrogen and oxygen atoms in total. The van der Waals surface area contributed by atoms with Gasteiger partial charge in [0, 0.05) is 5.75 Å². The van der Waals surface area contributed by atoms with Gasteiger partial charge in [-0.2, -0.15) is 4.68 Å². The first-order valence-corrected chi connectivity index (χ1v) is 8.19. The van der Waals surface area contributed by atoms with Crippen LogP contribution in [0.3, 0.4) is 0 Å². The third-order valence-corrected chi connectivity index (χ3v) is 4.05. The van der Waals surface area contributed by atoms with Gasteiger partial charge in [0.1, 0.15) is 5.75 Å². The lowest BCUT2D eigenvalue weighted by molar-refractivity contribution is 0.325. The Morgan fingerprint density at radius 2 is 1.92 bits per heavy atom. The molecule has 0 fully saturated rings. The minimum Gasteiger partial charge on any atom is -0.497 e. The summed E-state index contributed by atoms with van der Waals surface area (Å²) in [6.07, 6.45) is 0. The van der Waals surface area contributed by atoms with Crippen LogP contribution in [-0.2, 0) is 0 Å². The van der Waals surface area contributed by atoms with E-state index in [-0.39, 0.29) is 11.6 Å². The van der Waals surface area contributed by atoms with Crippen molar-refractivity contribution in [2.24, 2.45) is 0 Å². The van der Waals surface area contributed by atoms with Crippen LogP contribution in [0.15, 0.2) is 53.7 Å². The second kappa shape index (κ2) is 7.78. The van der Waals surface area contributed by atoms with Crippen molar-refractivity contribution in [3.8, 4) is 17.2 Å². The fourth-order valence-corrected chi connectivity index (χ4v) is 2.71. The normalized spacial score (nSPS) is 10.6. The molecular formula is C16H15FN4O2S. The lowest BCUT2D eigenvalue weighted by atomic mass is 10.3. The Balaban J connectivity index is 1.58. The van der Waals surface area contributed by atoms with Gasteiger partial charge in [0.25, 0.3) is 0 Å². The van der Waals surface area contributed by atoms with Crippen LogP contribution in [0.2, 0.25) is 0 Å². The van der Waals surface area contributed by atoms with Gasteiger partial charge in [-0.05, 0) is 46.8 Å². The van der Waals surface area contributed by atoms with E-state index in [1.807, 2.05) is 24.3 Å². The molecule has 8 heteroatoms. The number of tetrazole rings is 1. The fourth-order valence-electron chi connectivity index (χ4n) is 2.00. The van der Waals surface area contributed by atoms with Crippen molar-refractivity contribution >= 4 is 11.8 Å². The minimum atomic E-state index is -0.370. The van der Waals surface area contributed by atoms with Gasteiger partial charge in [-0.1, -0.05) is 23.9 Å². The summed E-state index contributed by atoms with van der Waals surface area (Å²) in [5, 5.41) is 12.3. The molecule has 1 heterocycles. The molecule has 0 amide bonds. The van der Waals surface area contributed by atoms with Crippen LogP contribution in [0.5, 0.6) is 11.5 Å². The Bertz CT molecular complexity index is 795. The first-order chi connectivity index (χ1) is 11.8. The zero-order chi connectivity index (χ0) is 16.8. The number of rotatable bonds is 7. The second-order valence-corrected chi connectivity index (χ2v) is 5.76. The monoisotopic (exact) mass is 346 g/mol. The van der Waals surface area contributed by atoms with E-state index >= 15 is 0 Å². The molecule has 0 bridgehead atoms. The Kier molecular flexibility index (Phi) is 5.27. The Hall–Kier alpha value is -2.61. The molecular weight excluding hydrogens is 331 g/mol. The number of methoxy groups -OCH3 is 1. The van der Waals surface area contributed by atoms with Crippen LogP contribution in [0.25, 0.3) is 5.69 Å². The van der Waals surface area contributed by atoms with E-state index in [2.05, 4.69) is 15.5 Å². The highest BCUT2D eigenvalue weighted by molar-refractivity contribution is 7.99. The molecule has 0 aliphatic carbocycles. The highest BCUT2D eigenvalue weighted by atomic mass is 32.2. The summed E-state index contributed by atoms with van der Waals surface area (Å²) in [4.78, 5) is 0. The van der Waals surface area contributed by atoms with Gasteiger partial charge in [-0.15, -0.1) is 5.10 Å². The lowest BCUT2D eigenvalue weighted by Gasteiger charge is -2.07. The highest BCUT2D eigenvalue weighted by Gasteiger charge is 2.09. The smallest absolute Gasteiger partial charge is 0.214 e. The predicted molar refractivity (Wildman–Crippen MR) is 88.3 cm³/mol. The van der Waals surface area contributed by atoms with E-state index in [9.17, 15) is 4.39 Å². The quantitative estimate of drug-likeness (QED) is 0.484. The number of ether oxygens (including phenoxy) is 2. The number of hydrogen-bond acceptors (Lipinski definition) is 6. The van der Waals surface area contributed by atoms with Gasteiger partial charge < -0.3 is 9.47 Å². The van der Waals surface area contributed by atoms with E-state index in [4.69, 9.17) is 9.47 Å². The Labute approximate surface area is 142 Å². The highest BCUT2D eigenvalue weighted by Crippen LogP contribution is 2.21. The van der Waals surface area contributed by atoms with Crippen molar-refractivity contribution in [3.05, 3.63) is 54.3 Å². The van der Waals surface area contributed by atoms with Crippen LogP contribution in [-0.4, -0.2) is 39.7 Å². The maximum atomic E-state index is 13.5. The summed E-state index contributed by atoms with van der Waals surface area (Å²) >= 11 is 1.43. The van der Waals surface area contributed by atoms with Crippen molar-refractivity contribution in [2.45, 2.75) is 5.16 Å². The van der Waals surface area contributed by atoms with Gasteiger partial charge in [-0.3, -0.25) is 0 Å². The zero-order valence-corrected chi connectivity index (χ0v) is 13.7. The number of aromatic nitrogens is 4. The molecule has 3 rings (SSSR count). The summed E-state index contributed by atoms with van der Waals surface area (Å²) in [5.41, 5.74) is 0.832. The van der Waals surface area contributed by atoms with Gasteiger partial charge in [-0.25, -0.2) is 4.39 Å². The summed E-state index contributed by atoms with van der Waals surface area (Å²) in [7, 11) is 1.61. The van der Waals surface area contributed by atoms with E-state index in [0.29, 0.717) is 17.5 Å². The maximum absolute atomic E-state index is 13.5. The van der Waals surface area contributed by atoms with Crippen molar-refractivity contribution in [1.82, 2.24) is 20.2 Å². The largest absolute Gasteiger partial charge is 0.497 e. The average molecular weight is 346 g/mol. The molecule has 2 aromatic carbocycles. The number of nitrogens with zero attached hydrogens (tertiary/aromatic N) is 4. The topological polar surface area (TPSA) is 62.1 Å². The van der Waals surface area contributed by atoms with E-state index < -0.39 is 0 Å². The van der Waals surface area contributed by atoms with E-state index in [1.54, 1.807) is 30.0 Å². The fraction of sp³-hybridized carbons (Fsp3) is 0.188. The Morgan fingerprint density at radius 1 is 1.12 bits per heavy atom. The molecule has 0 radical (unpaired) electrons. The number of para-hydroxylation sites is 1. The molecule has 0 unspecified atom stereocenters.